The summed E-state index contributed by atoms with van der Waals surface area (Å²) < 4.78 is 71.3. The Morgan fingerprint density at radius 2 is 2.05 bits per heavy atom. The van der Waals surface area contributed by atoms with Gasteiger partial charge in [-0.05, 0) is 13.0 Å². The Labute approximate surface area is 127 Å². The van der Waals surface area contributed by atoms with Crippen LogP contribution >= 0.6 is 11.6 Å². The zero-order chi connectivity index (χ0) is 16.9. The topological polar surface area (TPSA) is 48.4 Å². The minimum Gasteiger partial charge on any atom is -0.466 e. The van der Waals surface area contributed by atoms with Crippen molar-refractivity contribution < 1.29 is 36.2 Å². The second-order valence-corrected chi connectivity index (χ2v) is 4.21. The van der Waals surface area contributed by atoms with Gasteiger partial charge in [0.25, 0.3) is 6.43 Å². The third-order valence-electron chi connectivity index (χ3n) is 2.33. The van der Waals surface area contributed by atoms with E-state index in [1.165, 1.54) is 6.92 Å². The zero-order valence-electron chi connectivity index (χ0n) is 11.2. The van der Waals surface area contributed by atoms with Gasteiger partial charge in [0.05, 0.1) is 35.9 Å². The molecule has 0 amide bonds. The standard InChI is InChI=1S/C12H11ClF5NO3/c1-2-21-9(20)4-8-10(22-12(16,17)18)7(11(14)15)3-6(5-13)19-8/h3,11H,2,4-5H2,1H3. The summed E-state index contributed by atoms with van der Waals surface area (Å²) in [6.45, 7) is 1.46. The molecule has 0 aliphatic carbocycles. The average Bonchev–Trinajstić information content (AvgIpc) is 2.38. The van der Waals surface area contributed by atoms with Gasteiger partial charge in [0.15, 0.2) is 5.75 Å². The number of pyridine rings is 1. The first kappa shape index (κ1) is 18.4. The molecule has 0 bridgehead atoms. The van der Waals surface area contributed by atoms with E-state index in [0.717, 1.165) is 0 Å². The molecule has 4 nitrogen and oxygen atoms in total. The molecule has 0 spiro atoms. The maximum absolute atomic E-state index is 13.0. The van der Waals surface area contributed by atoms with Gasteiger partial charge in [-0.2, -0.15) is 0 Å². The van der Waals surface area contributed by atoms with Crippen molar-refractivity contribution in [2.75, 3.05) is 6.61 Å². The van der Waals surface area contributed by atoms with Crippen molar-refractivity contribution in [3.63, 3.8) is 0 Å². The molecule has 0 N–H and O–H groups in total. The lowest BCUT2D eigenvalue weighted by Gasteiger charge is -2.17. The van der Waals surface area contributed by atoms with Gasteiger partial charge in [-0.25, -0.2) is 8.78 Å². The van der Waals surface area contributed by atoms with Gasteiger partial charge in [0.2, 0.25) is 0 Å². The van der Waals surface area contributed by atoms with E-state index in [-0.39, 0.29) is 18.2 Å². The predicted octanol–water partition coefficient (Wildman–Crippen LogP) is 3.76. The van der Waals surface area contributed by atoms with Crippen molar-refractivity contribution in [2.45, 2.75) is 32.0 Å². The van der Waals surface area contributed by atoms with Crippen molar-refractivity contribution in [1.82, 2.24) is 4.98 Å². The molecule has 0 aromatic carbocycles. The monoisotopic (exact) mass is 347 g/mol. The Kier molecular flexibility index (Phi) is 6.34. The molecular weight excluding hydrogens is 337 g/mol. The molecular formula is C12H11ClF5NO3. The van der Waals surface area contributed by atoms with Gasteiger partial charge in [-0.1, -0.05) is 0 Å². The maximum Gasteiger partial charge on any atom is 0.573 e. The Balaban J connectivity index is 3.35. The van der Waals surface area contributed by atoms with Gasteiger partial charge in [0.1, 0.15) is 0 Å². The maximum atomic E-state index is 13.0. The number of ether oxygens (including phenoxy) is 2. The van der Waals surface area contributed by atoms with Crippen LogP contribution in [0.5, 0.6) is 5.75 Å². The van der Waals surface area contributed by atoms with Crippen LogP contribution < -0.4 is 4.74 Å². The highest BCUT2D eigenvalue weighted by Crippen LogP contribution is 2.36. The van der Waals surface area contributed by atoms with E-state index in [1.807, 2.05) is 0 Å². The lowest BCUT2D eigenvalue weighted by molar-refractivity contribution is -0.275. The van der Waals surface area contributed by atoms with Crippen LogP contribution in [0.4, 0.5) is 22.0 Å². The molecule has 0 unspecified atom stereocenters. The van der Waals surface area contributed by atoms with Gasteiger partial charge in [-0.3, -0.25) is 9.78 Å². The number of nitrogens with zero attached hydrogens (tertiary/aromatic N) is 1. The summed E-state index contributed by atoms with van der Waals surface area (Å²) >= 11 is 5.47. The number of carbonyl (C=O) groups is 1. The first-order valence-electron chi connectivity index (χ1n) is 5.96. The van der Waals surface area contributed by atoms with Crippen LogP contribution in [0.3, 0.4) is 0 Å². The van der Waals surface area contributed by atoms with Crippen LogP contribution in [-0.4, -0.2) is 23.9 Å². The quantitative estimate of drug-likeness (QED) is 0.446. The lowest BCUT2D eigenvalue weighted by Crippen LogP contribution is -2.21. The van der Waals surface area contributed by atoms with Crippen molar-refractivity contribution in [3.8, 4) is 5.75 Å². The molecule has 1 heterocycles. The van der Waals surface area contributed by atoms with E-state index < -0.39 is 42.2 Å². The molecule has 0 radical (unpaired) electrons. The summed E-state index contributed by atoms with van der Waals surface area (Å²) in [7, 11) is 0. The fraction of sp³-hybridized carbons (Fsp3) is 0.500. The number of carbonyl (C=O) groups excluding carboxylic acids is 1. The summed E-state index contributed by atoms with van der Waals surface area (Å²) in [6, 6.07) is 0.702. The SMILES string of the molecule is CCOC(=O)Cc1nc(CCl)cc(C(F)F)c1OC(F)(F)F. The van der Waals surface area contributed by atoms with E-state index in [1.54, 1.807) is 0 Å². The van der Waals surface area contributed by atoms with E-state index in [9.17, 15) is 26.7 Å². The molecule has 0 atom stereocenters. The van der Waals surface area contributed by atoms with E-state index in [4.69, 9.17) is 11.6 Å². The predicted molar refractivity (Wildman–Crippen MR) is 65.8 cm³/mol. The van der Waals surface area contributed by atoms with Crippen LogP contribution in [0, 0.1) is 0 Å². The molecule has 0 saturated heterocycles. The van der Waals surface area contributed by atoms with Crippen molar-refractivity contribution in [3.05, 3.63) is 23.0 Å². The van der Waals surface area contributed by atoms with Crippen molar-refractivity contribution in [1.29, 1.82) is 0 Å². The smallest absolute Gasteiger partial charge is 0.466 e. The Bertz CT molecular complexity index is 536. The summed E-state index contributed by atoms with van der Waals surface area (Å²) in [4.78, 5) is 15.0. The summed E-state index contributed by atoms with van der Waals surface area (Å²) in [5.41, 5.74) is -1.75. The van der Waals surface area contributed by atoms with Gasteiger partial charge in [-0.15, -0.1) is 24.8 Å². The van der Waals surface area contributed by atoms with Crippen LogP contribution in [-0.2, 0) is 21.8 Å². The zero-order valence-corrected chi connectivity index (χ0v) is 12.0. The number of alkyl halides is 6. The lowest BCUT2D eigenvalue weighted by atomic mass is 10.1. The first-order valence-corrected chi connectivity index (χ1v) is 6.49. The third-order valence-corrected chi connectivity index (χ3v) is 2.61. The molecule has 0 aliphatic rings. The molecule has 10 heteroatoms. The second kappa shape index (κ2) is 7.57. The molecule has 1 rings (SSSR count). The Morgan fingerprint density at radius 1 is 1.41 bits per heavy atom. The minimum absolute atomic E-state index is 0.0226. The van der Waals surface area contributed by atoms with Gasteiger partial charge >= 0.3 is 12.3 Å². The molecule has 0 fully saturated rings. The number of esters is 1. The Morgan fingerprint density at radius 3 is 2.50 bits per heavy atom. The van der Waals surface area contributed by atoms with Crippen LogP contribution in [0.25, 0.3) is 0 Å². The van der Waals surface area contributed by atoms with Crippen molar-refractivity contribution in [2.24, 2.45) is 0 Å². The molecule has 0 saturated carbocycles. The van der Waals surface area contributed by atoms with Crippen LogP contribution in [0.2, 0.25) is 0 Å². The number of aromatic nitrogens is 1. The number of hydrogen-bond donors (Lipinski definition) is 0. The first-order chi connectivity index (χ1) is 10.2. The minimum atomic E-state index is -5.21. The summed E-state index contributed by atoms with van der Waals surface area (Å²) in [6.07, 6.45) is -9.22. The second-order valence-electron chi connectivity index (χ2n) is 3.94. The molecule has 124 valence electrons. The largest absolute Gasteiger partial charge is 0.573 e. The normalized spacial score (nSPS) is 11.6. The molecule has 1 aromatic rings. The van der Waals surface area contributed by atoms with Crippen molar-refractivity contribution >= 4 is 17.6 Å². The number of rotatable bonds is 6. The number of hydrogen-bond acceptors (Lipinski definition) is 4. The van der Waals surface area contributed by atoms with Gasteiger partial charge in [0, 0.05) is 0 Å². The van der Waals surface area contributed by atoms with Crippen LogP contribution in [0.15, 0.2) is 6.07 Å². The molecule has 0 aliphatic heterocycles. The van der Waals surface area contributed by atoms with Crippen LogP contribution in [0.1, 0.15) is 30.3 Å². The fourth-order valence-electron chi connectivity index (χ4n) is 1.60. The highest BCUT2D eigenvalue weighted by Gasteiger charge is 2.35. The Hall–Kier alpha value is -1.64. The van der Waals surface area contributed by atoms with Gasteiger partial charge < -0.3 is 9.47 Å². The molecule has 22 heavy (non-hydrogen) atoms. The highest BCUT2D eigenvalue weighted by atomic mass is 35.5. The number of halogens is 6. The van der Waals surface area contributed by atoms with E-state index >= 15 is 0 Å². The molecule has 1 aromatic heterocycles. The van der Waals surface area contributed by atoms with E-state index in [0.29, 0.717) is 6.07 Å². The highest BCUT2D eigenvalue weighted by molar-refractivity contribution is 6.16. The summed E-state index contributed by atoms with van der Waals surface area (Å²) in [5, 5.41) is 0. The fourth-order valence-corrected chi connectivity index (χ4v) is 1.74. The third kappa shape index (κ3) is 5.28. The summed E-state index contributed by atoms with van der Waals surface area (Å²) in [5.74, 6) is -2.44. The average molecular weight is 348 g/mol. The van der Waals surface area contributed by atoms with E-state index in [2.05, 4.69) is 14.5 Å².